The van der Waals surface area contributed by atoms with Crippen molar-refractivity contribution < 1.29 is 38.1 Å². The van der Waals surface area contributed by atoms with Gasteiger partial charge in [-0.25, -0.2) is 0 Å². The van der Waals surface area contributed by atoms with Crippen LogP contribution in [-0.2, 0) is 14.9 Å². The first-order chi connectivity index (χ1) is 12.6. The molecule has 3 aliphatic rings. The van der Waals surface area contributed by atoms with Gasteiger partial charge in [0, 0.05) is 12.5 Å². The Hall–Kier alpha value is -0.550. The normalized spacial score (nSPS) is 44.1. The summed E-state index contributed by atoms with van der Waals surface area (Å²) < 4.78 is 39.0. The highest BCUT2D eigenvalue weighted by molar-refractivity contribution is 7.86. The van der Waals surface area contributed by atoms with E-state index in [2.05, 4.69) is 6.58 Å². The Kier molecular flexibility index (Phi) is 6.32. The van der Waals surface area contributed by atoms with Crippen molar-refractivity contribution in [2.45, 2.75) is 55.9 Å². The maximum Gasteiger partial charge on any atom is 0.268 e. The van der Waals surface area contributed by atoms with Gasteiger partial charge < -0.3 is 25.2 Å². The molecule has 0 aromatic heterocycles. The minimum Gasteiger partial charge on any atom is -0.396 e. The molecule has 2 saturated carbocycles. The van der Waals surface area contributed by atoms with E-state index in [0.717, 1.165) is 12.0 Å². The monoisotopic (exact) mass is 406 g/mol. The van der Waals surface area contributed by atoms with Crippen LogP contribution in [0.4, 0.5) is 0 Å². The predicted molar refractivity (Wildman–Crippen MR) is 96.1 cm³/mol. The van der Waals surface area contributed by atoms with Gasteiger partial charge in [-0.05, 0) is 49.9 Å². The molecule has 6 unspecified atom stereocenters. The molecule has 156 valence electrons. The lowest BCUT2D eigenvalue weighted by Crippen LogP contribution is -2.48. The molecule has 2 aliphatic carbocycles. The molecule has 3 rings (SSSR count). The number of ether oxygens (including phenoxy) is 1. The standard InChI is InChI=1S/C18H30O8S/c1-9-2-3-11-10(4-5-14(20)13(11)7-19)12(9)6-16(27(23,24)25)17-15(21)8-26-18(17)22/h10-22H,1-8H2,(H,23,24,25)/t10?,11?,12-,13+,14-,15?,16?,17?,18?/m1/s1. The van der Waals surface area contributed by atoms with Crippen LogP contribution in [0.25, 0.3) is 0 Å². The van der Waals surface area contributed by atoms with Crippen molar-refractivity contribution in [3.8, 4) is 0 Å². The molecule has 3 fully saturated rings. The van der Waals surface area contributed by atoms with Crippen LogP contribution >= 0.6 is 0 Å². The summed E-state index contributed by atoms with van der Waals surface area (Å²) >= 11 is 0. The molecule has 5 N–H and O–H groups in total. The van der Waals surface area contributed by atoms with Crippen LogP contribution in [0.5, 0.6) is 0 Å². The zero-order valence-electron chi connectivity index (χ0n) is 15.2. The summed E-state index contributed by atoms with van der Waals surface area (Å²) in [7, 11) is -4.54. The quantitative estimate of drug-likeness (QED) is 0.315. The third-order valence-corrected chi connectivity index (χ3v) is 8.22. The van der Waals surface area contributed by atoms with Gasteiger partial charge in [-0.15, -0.1) is 0 Å². The predicted octanol–water partition coefficient (Wildman–Crippen LogP) is -0.0796. The van der Waals surface area contributed by atoms with Gasteiger partial charge in [0.05, 0.1) is 30.0 Å². The van der Waals surface area contributed by atoms with Crippen molar-refractivity contribution in [1.82, 2.24) is 0 Å². The van der Waals surface area contributed by atoms with Crippen molar-refractivity contribution >= 4 is 10.1 Å². The molecule has 1 aliphatic heterocycles. The second-order valence-corrected chi connectivity index (χ2v) is 9.92. The molecule has 0 bridgehead atoms. The molecule has 8 nitrogen and oxygen atoms in total. The minimum absolute atomic E-state index is 0.0230. The SMILES string of the molecule is C=C1CCC2C(CC[C@@H](O)[C@H]2CO)[C@@H]1CC(C1C(O)COC1O)S(=O)(=O)O. The third-order valence-electron chi connectivity index (χ3n) is 6.95. The summed E-state index contributed by atoms with van der Waals surface area (Å²) in [4.78, 5) is 0. The number of allylic oxidation sites excluding steroid dienone is 1. The fraction of sp³-hybridized carbons (Fsp3) is 0.889. The Balaban J connectivity index is 1.87. The first kappa shape index (κ1) is 21.2. The second-order valence-electron chi connectivity index (χ2n) is 8.28. The first-order valence-corrected chi connectivity index (χ1v) is 11.1. The van der Waals surface area contributed by atoms with E-state index in [1.165, 1.54) is 0 Å². The number of hydrogen-bond donors (Lipinski definition) is 5. The number of aliphatic hydroxyl groups is 4. The number of rotatable bonds is 5. The van der Waals surface area contributed by atoms with Crippen LogP contribution in [0.15, 0.2) is 12.2 Å². The first-order valence-electron chi connectivity index (χ1n) is 9.55. The molecular weight excluding hydrogens is 376 g/mol. The number of fused-ring (bicyclic) bond motifs is 1. The van der Waals surface area contributed by atoms with E-state index in [-0.39, 0.29) is 43.3 Å². The molecule has 1 saturated heterocycles. The van der Waals surface area contributed by atoms with Gasteiger partial charge in [0.1, 0.15) is 0 Å². The van der Waals surface area contributed by atoms with E-state index in [1.807, 2.05) is 0 Å². The molecule has 27 heavy (non-hydrogen) atoms. The van der Waals surface area contributed by atoms with Crippen molar-refractivity contribution in [2.24, 2.45) is 29.6 Å². The maximum atomic E-state index is 12.1. The highest BCUT2D eigenvalue weighted by Gasteiger charge is 2.50. The molecular formula is C18H30O8S. The Labute approximate surface area is 159 Å². The van der Waals surface area contributed by atoms with Gasteiger partial charge in [-0.2, -0.15) is 8.42 Å². The van der Waals surface area contributed by atoms with Crippen LogP contribution in [0, 0.1) is 29.6 Å². The fourth-order valence-electron chi connectivity index (χ4n) is 5.53. The van der Waals surface area contributed by atoms with E-state index in [9.17, 15) is 33.4 Å². The largest absolute Gasteiger partial charge is 0.396 e. The van der Waals surface area contributed by atoms with Crippen LogP contribution in [-0.4, -0.2) is 70.4 Å². The van der Waals surface area contributed by atoms with E-state index >= 15 is 0 Å². The van der Waals surface area contributed by atoms with Gasteiger partial charge >= 0.3 is 0 Å². The Morgan fingerprint density at radius 3 is 2.37 bits per heavy atom. The van der Waals surface area contributed by atoms with E-state index in [0.29, 0.717) is 19.3 Å². The average Bonchev–Trinajstić information content (AvgIpc) is 2.91. The van der Waals surface area contributed by atoms with E-state index in [4.69, 9.17) is 4.74 Å². The van der Waals surface area contributed by atoms with E-state index < -0.39 is 39.8 Å². The average molecular weight is 406 g/mol. The van der Waals surface area contributed by atoms with Crippen molar-refractivity contribution in [1.29, 1.82) is 0 Å². The molecule has 0 aromatic carbocycles. The topological polar surface area (TPSA) is 145 Å². The molecule has 0 amide bonds. The molecule has 9 atom stereocenters. The third kappa shape index (κ3) is 4.10. The Morgan fingerprint density at radius 1 is 1.11 bits per heavy atom. The smallest absolute Gasteiger partial charge is 0.268 e. The van der Waals surface area contributed by atoms with Gasteiger partial charge in [-0.3, -0.25) is 4.55 Å². The lowest BCUT2D eigenvalue weighted by molar-refractivity contribution is -0.0858. The zero-order valence-corrected chi connectivity index (χ0v) is 16.0. The Bertz CT molecular complexity index is 640. The van der Waals surface area contributed by atoms with Gasteiger partial charge in [-0.1, -0.05) is 12.2 Å². The number of aliphatic hydroxyl groups excluding tert-OH is 4. The summed E-state index contributed by atoms with van der Waals surface area (Å²) in [6.07, 6.45) is -0.574. The van der Waals surface area contributed by atoms with Crippen molar-refractivity contribution in [3.05, 3.63) is 12.2 Å². The molecule has 0 aromatic rings. The van der Waals surface area contributed by atoms with E-state index in [1.54, 1.807) is 0 Å². The molecule has 0 radical (unpaired) electrons. The summed E-state index contributed by atoms with van der Waals surface area (Å²) in [5, 5.41) is 38.6. The van der Waals surface area contributed by atoms with Gasteiger partial charge in [0.25, 0.3) is 10.1 Å². The zero-order chi connectivity index (χ0) is 19.9. The summed E-state index contributed by atoms with van der Waals surface area (Å²) in [6, 6.07) is 0. The maximum absolute atomic E-state index is 12.1. The summed E-state index contributed by atoms with van der Waals surface area (Å²) in [5.74, 6) is -1.54. The Morgan fingerprint density at radius 2 is 1.81 bits per heavy atom. The van der Waals surface area contributed by atoms with Crippen molar-refractivity contribution in [2.75, 3.05) is 13.2 Å². The van der Waals surface area contributed by atoms with Gasteiger partial charge in [0.2, 0.25) is 0 Å². The van der Waals surface area contributed by atoms with Crippen LogP contribution in [0.2, 0.25) is 0 Å². The van der Waals surface area contributed by atoms with Crippen LogP contribution in [0.3, 0.4) is 0 Å². The highest BCUT2D eigenvalue weighted by atomic mass is 32.2. The molecule has 0 spiro atoms. The van der Waals surface area contributed by atoms with Crippen LogP contribution in [0.1, 0.15) is 32.1 Å². The minimum atomic E-state index is -4.54. The number of hydrogen-bond acceptors (Lipinski definition) is 7. The molecule has 9 heteroatoms. The van der Waals surface area contributed by atoms with Crippen LogP contribution < -0.4 is 0 Å². The lowest BCUT2D eigenvalue weighted by atomic mass is 9.58. The fourth-order valence-corrected chi connectivity index (χ4v) is 6.69. The molecule has 1 heterocycles. The lowest BCUT2D eigenvalue weighted by Gasteiger charge is -2.48. The van der Waals surface area contributed by atoms with Crippen molar-refractivity contribution in [3.63, 3.8) is 0 Å². The summed E-state index contributed by atoms with van der Waals surface area (Å²) in [6.45, 7) is 3.78. The summed E-state index contributed by atoms with van der Waals surface area (Å²) in [5.41, 5.74) is 0.876. The highest BCUT2D eigenvalue weighted by Crippen LogP contribution is 2.50. The van der Waals surface area contributed by atoms with Gasteiger partial charge in [0.15, 0.2) is 6.29 Å². The second kappa shape index (κ2) is 8.06.